The zero-order valence-corrected chi connectivity index (χ0v) is 19.7. The molecule has 0 saturated carbocycles. The molecule has 1 aromatic heterocycles. The minimum atomic E-state index is -3.10. The summed E-state index contributed by atoms with van der Waals surface area (Å²) in [6.07, 6.45) is -0.336. The maximum absolute atomic E-state index is 13.2. The van der Waals surface area contributed by atoms with Gasteiger partial charge in [0.1, 0.15) is 41.5 Å². The number of rotatable bonds is 10. The number of aliphatic hydroxyl groups is 1. The maximum Gasteiger partial charge on any atom is 0.151 e. The fraction of sp³-hybridized carbons (Fsp3) is 0.360. The van der Waals surface area contributed by atoms with Gasteiger partial charge in [-0.05, 0) is 67.1 Å². The van der Waals surface area contributed by atoms with Crippen LogP contribution in [0.5, 0.6) is 11.5 Å². The van der Waals surface area contributed by atoms with E-state index < -0.39 is 15.9 Å². The zero-order valence-electron chi connectivity index (χ0n) is 18.9. The largest absolute Gasteiger partial charge is 0.497 e. The lowest BCUT2D eigenvalue weighted by Gasteiger charge is -2.29. The van der Waals surface area contributed by atoms with Crippen LogP contribution in [0.25, 0.3) is 11.3 Å². The molecular formula is C25H28FNO6S. The standard InChI is InChI=1S/C25H28FNO6S/c1-31-22-6-8-23(9-7-22)32-16-21(28)14-27(20-12-13-34(29,30)17-20)15-24-10-11-25(33-24)18-2-4-19(26)5-3-18/h2-11,20-21,28H,12-17H2,1H3. The molecule has 0 bridgehead atoms. The van der Waals surface area contributed by atoms with Gasteiger partial charge in [0.05, 0.1) is 25.2 Å². The Balaban J connectivity index is 1.42. The molecule has 1 fully saturated rings. The quantitative estimate of drug-likeness (QED) is 0.466. The van der Waals surface area contributed by atoms with E-state index in [0.29, 0.717) is 36.0 Å². The Bertz CT molecular complexity index is 1180. The van der Waals surface area contributed by atoms with Crippen molar-refractivity contribution in [2.24, 2.45) is 0 Å². The summed E-state index contributed by atoms with van der Waals surface area (Å²) in [7, 11) is -1.52. The highest BCUT2D eigenvalue weighted by atomic mass is 32.2. The predicted molar refractivity (Wildman–Crippen MR) is 126 cm³/mol. The van der Waals surface area contributed by atoms with Crippen molar-refractivity contribution < 1.29 is 31.8 Å². The van der Waals surface area contributed by atoms with E-state index in [9.17, 15) is 17.9 Å². The molecule has 7 nitrogen and oxygen atoms in total. The first-order valence-corrected chi connectivity index (χ1v) is 12.9. The van der Waals surface area contributed by atoms with Crippen molar-refractivity contribution in [3.8, 4) is 22.8 Å². The van der Waals surface area contributed by atoms with Crippen molar-refractivity contribution >= 4 is 9.84 Å². The minimum Gasteiger partial charge on any atom is -0.497 e. The van der Waals surface area contributed by atoms with Crippen LogP contribution >= 0.6 is 0 Å². The fourth-order valence-corrected chi connectivity index (χ4v) is 5.79. The molecule has 1 N–H and O–H groups in total. The van der Waals surface area contributed by atoms with Crippen LogP contribution in [0.2, 0.25) is 0 Å². The highest BCUT2D eigenvalue weighted by molar-refractivity contribution is 7.91. The Hall–Kier alpha value is -2.88. The Morgan fingerprint density at radius 3 is 2.44 bits per heavy atom. The Labute approximate surface area is 198 Å². The first-order valence-electron chi connectivity index (χ1n) is 11.1. The topological polar surface area (TPSA) is 89.2 Å². The van der Waals surface area contributed by atoms with Crippen LogP contribution < -0.4 is 9.47 Å². The van der Waals surface area contributed by atoms with Gasteiger partial charge >= 0.3 is 0 Å². The van der Waals surface area contributed by atoms with E-state index in [4.69, 9.17) is 13.9 Å². The van der Waals surface area contributed by atoms with Crippen LogP contribution in [0.1, 0.15) is 12.2 Å². The molecule has 3 aromatic rings. The monoisotopic (exact) mass is 489 g/mol. The summed E-state index contributed by atoms with van der Waals surface area (Å²) >= 11 is 0. The second-order valence-electron chi connectivity index (χ2n) is 8.40. The van der Waals surface area contributed by atoms with Gasteiger partial charge in [-0.2, -0.15) is 0 Å². The lowest BCUT2D eigenvalue weighted by molar-refractivity contribution is 0.0498. The molecule has 1 saturated heterocycles. The van der Waals surface area contributed by atoms with E-state index in [2.05, 4.69) is 0 Å². The smallest absolute Gasteiger partial charge is 0.151 e. The van der Waals surface area contributed by atoms with E-state index in [1.54, 1.807) is 49.6 Å². The summed E-state index contributed by atoms with van der Waals surface area (Å²) in [6, 6.07) is 16.5. The number of methoxy groups -OCH3 is 1. The summed E-state index contributed by atoms with van der Waals surface area (Å²) in [5.74, 6) is 2.39. The molecule has 2 heterocycles. The Kier molecular flexibility index (Phi) is 7.55. The summed E-state index contributed by atoms with van der Waals surface area (Å²) in [6.45, 7) is 0.616. The summed E-state index contributed by atoms with van der Waals surface area (Å²) < 4.78 is 54.1. The molecular weight excluding hydrogens is 461 g/mol. The van der Waals surface area contributed by atoms with Crippen LogP contribution in [-0.4, -0.2) is 62.3 Å². The molecule has 0 aliphatic carbocycles. The third-order valence-electron chi connectivity index (χ3n) is 5.82. The predicted octanol–water partition coefficient (Wildman–Crippen LogP) is 3.52. The van der Waals surface area contributed by atoms with Gasteiger partial charge in [-0.1, -0.05) is 0 Å². The molecule has 1 aliphatic heterocycles. The first-order chi connectivity index (χ1) is 16.3. The van der Waals surface area contributed by atoms with Crippen LogP contribution in [0.3, 0.4) is 0 Å². The van der Waals surface area contributed by atoms with Crippen LogP contribution in [0.15, 0.2) is 65.1 Å². The lowest BCUT2D eigenvalue weighted by atomic mass is 10.2. The lowest BCUT2D eigenvalue weighted by Crippen LogP contribution is -2.42. The number of sulfone groups is 1. The second kappa shape index (κ2) is 10.6. The molecule has 0 amide bonds. The van der Waals surface area contributed by atoms with Gasteiger partial charge in [0.15, 0.2) is 9.84 Å². The maximum atomic E-state index is 13.2. The molecule has 2 aromatic carbocycles. The molecule has 4 rings (SSSR count). The third-order valence-corrected chi connectivity index (χ3v) is 7.57. The van der Waals surface area contributed by atoms with Crippen molar-refractivity contribution in [2.75, 3.05) is 31.8 Å². The molecule has 34 heavy (non-hydrogen) atoms. The van der Waals surface area contributed by atoms with Crippen molar-refractivity contribution in [3.63, 3.8) is 0 Å². The van der Waals surface area contributed by atoms with Gasteiger partial charge in [0.25, 0.3) is 0 Å². The number of benzene rings is 2. The molecule has 9 heteroatoms. The van der Waals surface area contributed by atoms with E-state index in [1.807, 2.05) is 11.0 Å². The second-order valence-corrected chi connectivity index (χ2v) is 10.6. The number of hydrogen-bond donors (Lipinski definition) is 1. The van der Waals surface area contributed by atoms with Gasteiger partial charge < -0.3 is 19.0 Å². The molecule has 0 spiro atoms. The average Bonchev–Trinajstić information content (AvgIpc) is 3.44. The SMILES string of the molecule is COc1ccc(OCC(O)CN(Cc2ccc(-c3ccc(F)cc3)o2)C2CCS(=O)(=O)C2)cc1. The molecule has 2 atom stereocenters. The van der Waals surface area contributed by atoms with Gasteiger partial charge in [0.2, 0.25) is 0 Å². The highest BCUT2D eigenvalue weighted by Crippen LogP contribution is 2.26. The van der Waals surface area contributed by atoms with Gasteiger partial charge in [0, 0.05) is 18.2 Å². The molecule has 2 unspecified atom stereocenters. The van der Waals surface area contributed by atoms with E-state index in [-0.39, 0.29) is 36.5 Å². The van der Waals surface area contributed by atoms with Crippen LogP contribution in [0, 0.1) is 5.82 Å². The number of hydrogen-bond acceptors (Lipinski definition) is 7. The first kappa shape index (κ1) is 24.3. The average molecular weight is 490 g/mol. The van der Waals surface area contributed by atoms with Gasteiger partial charge in [-0.25, -0.2) is 12.8 Å². The number of nitrogens with zero attached hydrogens (tertiary/aromatic N) is 1. The number of aliphatic hydroxyl groups excluding tert-OH is 1. The van der Waals surface area contributed by atoms with Crippen molar-refractivity contribution in [3.05, 3.63) is 72.2 Å². The molecule has 182 valence electrons. The highest BCUT2D eigenvalue weighted by Gasteiger charge is 2.33. The van der Waals surface area contributed by atoms with Crippen molar-refractivity contribution in [1.29, 1.82) is 0 Å². The summed E-state index contributed by atoms with van der Waals surface area (Å²) in [5.41, 5.74) is 0.746. The van der Waals surface area contributed by atoms with Crippen LogP contribution in [0.4, 0.5) is 4.39 Å². The zero-order chi connectivity index (χ0) is 24.1. The third kappa shape index (κ3) is 6.37. The minimum absolute atomic E-state index is 0.0462. The Morgan fingerprint density at radius 1 is 1.09 bits per heavy atom. The fourth-order valence-electron chi connectivity index (χ4n) is 4.03. The van der Waals surface area contributed by atoms with Crippen molar-refractivity contribution in [2.45, 2.75) is 25.1 Å². The van der Waals surface area contributed by atoms with E-state index in [0.717, 1.165) is 5.56 Å². The number of furan rings is 1. The van der Waals surface area contributed by atoms with E-state index in [1.165, 1.54) is 12.1 Å². The van der Waals surface area contributed by atoms with Gasteiger partial charge in [-0.3, -0.25) is 4.90 Å². The molecule has 1 aliphatic rings. The normalized spacial score (nSPS) is 18.2. The van der Waals surface area contributed by atoms with Gasteiger partial charge in [-0.15, -0.1) is 0 Å². The summed E-state index contributed by atoms with van der Waals surface area (Å²) in [4.78, 5) is 1.93. The summed E-state index contributed by atoms with van der Waals surface area (Å²) in [5, 5.41) is 10.7. The Morgan fingerprint density at radius 2 is 1.79 bits per heavy atom. The number of ether oxygens (including phenoxy) is 2. The van der Waals surface area contributed by atoms with Crippen LogP contribution in [-0.2, 0) is 16.4 Å². The molecule has 0 radical (unpaired) electrons. The number of halogens is 1. The van der Waals surface area contributed by atoms with Crippen molar-refractivity contribution in [1.82, 2.24) is 4.90 Å². The van der Waals surface area contributed by atoms with E-state index >= 15 is 0 Å².